The van der Waals surface area contributed by atoms with Gasteiger partial charge in [-0.15, -0.1) is 0 Å². The van der Waals surface area contributed by atoms with Crippen LogP contribution in [0.3, 0.4) is 0 Å². The number of phenols is 1. The quantitative estimate of drug-likeness (QED) is 0.255. The number of benzene rings is 4. The summed E-state index contributed by atoms with van der Waals surface area (Å²) in [5, 5.41) is 15.7. The highest BCUT2D eigenvalue weighted by Crippen LogP contribution is 2.28. The molecule has 3 N–H and O–H groups in total. The number of phenolic OH excluding ortho intramolecular Hbond substituents is 1. The SMILES string of the molecule is COc1cccc(CC(=O)Nc2cc(NC(=O)c3ccc(-c4ccccc4)cc3)ccc2O)c1. The van der Waals surface area contributed by atoms with Crippen LogP contribution in [-0.2, 0) is 11.2 Å². The third kappa shape index (κ3) is 5.61. The maximum atomic E-state index is 12.7. The highest BCUT2D eigenvalue weighted by atomic mass is 16.5. The van der Waals surface area contributed by atoms with E-state index in [1.165, 1.54) is 12.1 Å². The Kier molecular flexibility index (Phi) is 6.89. The number of carbonyl (C=O) groups excluding carboxylic acids is 2. The van der Waals surface area contributed by atoms with Crippen LogP contribution in [0.5, 0.6) is 11.5 Å². The monoisotopic (exact) mass is 452 g/mol. The molecule has 0 radical (unpaired) electrons. The van der Waals surface area contributed by atoms with E-state index in [9.17, 15) is 14.7 Å². The molecule has 6 heteroatoms. The Hall–Kier alpha value is -4.58. The van der Waals surface area contributed by atoms with Gasteiger partial charge in [-0.05, 0) is 59.2 Å². The summed E-state index contributed by atoms with van der Waals surface area (Å²) in [6.45, 7) is 0. The van der Waals surface area contributed by atoms with Gasteiger partial charge in [0.2, 0.25) is 5.91 Å². The standard InChI is InChI=1S/C28H24N2O4/c1-34-24-9-5-6-19(16-24)17-27(32)30-25-18-23(14-15-26(25)31)29-28(33)22-12-10-21(11-13-22)20-7-3-2-4-8-20/h2-16,18,31H,17H2,1H3,(H,29,33)(H,30,32). The molecule has 0 fully saturated rings. The van der Waals surface area contributed by atoms with Gasteiger partial charge in [-0.3, -0.25) is 9.59 Å². The van der Waals surface area contributed by atoms with Crippen molar-refractivity contribution in [2.45, 2.75) is 6.42 Å². The van der Waals surface area contributed by atoms with Crippen LogP contribution in [-0.4, -0.2) is 24.0 Å². The molecule has 0 saturated heterocycles. The Balaban J connectivity index is 1.42. The normalized spacial score (nSPS) is 10.4. The highest BCUT2D eigenvalue weighted by molar-refractivity contribution is 6.05. The molecule has 4 aromatic rings. The largest absolute Gasteiger partial charge is 0.506 e. The molecule has 0 aliphatic heterocycles. The summed E-state index contributed by atoms with van der Waals surface area (Å²) in [5.41, 5.74) is 4.03. The molecule has 2 amide bonds. The molecule has 0 aliphatic carbocycles. The first-order valence-electron chi connectivity index (χ1n) is 10.7. The molecular weight excluding hydrogens is 428 g/mol. The van der Waals surface area contributed by atoms with Crippen molar-refractivity contribution in [1.29, 1.82) is 0 Å². The fourth-order valence-corrected chi connectivity index (χ4v) is 3.52. The smallest absolute Gasteiger partial charge is 0.255 e. The lowest BCUT2D eigenvalue weighted by molar-refractivity contribution is -0.115. The molecule has 170 valence electrons. The zero-order valence-corrected chi connectivity index (χ0v) is 18.6. The molecule has 0 aliphatic rings. The van der Waals surface area contributed by atoms with Gasteiger partial charge in [-0.25, -0.2) is 0 Å². The fraction of sp³-hybridized carbons (Fsp3) is 0.0714. The number of methoxy groups -OCH3 is 1. The van der Waals surface area contributed by atoms with Crippen LogP contribution in [0.4, 0.5) is 11.4 Å². The average Bonchev–Trinajstić information content (AvgIpc) is 2.86. The first kappa shape index (κ1) is 22.6. The highest BCUT2D eigenvalue weighted by Gasteiger charge is 2.12. The van der Waals surface area contributed by atoms with Crippen LogP contribution < -0.4 is 15.4 Å². The second-order valence-electron chi connectivity index (χ2n) is 7.71. The average molecular weight is 453 g/mol. The molecule has 0 unspecified atom stereocenters. The van der Waals surface area contributed by atoms with Crippen molar-refractivity contribution in [3.63, 3.8) is 0 Å². The van der Waals surface area contributed by atoms with Crippen LogP contribution in [0.15, 0.2) is 97.1 Å². The maximum absolute atomic E-state index is 12.7. The van der Waals surface area contributed by atoms with E-state index < -0.39 is 0 Å². The van der Waals surface area contributed by atoms with E-state index in [0.29, 0.717) is 17.0 Å². The first-order chi connectivity index (χ1) is 16.5. The lowest BCUT2D eigenvalue weighted by Crippen LogP contribution is -2.15. The van der Waals surface area contributed by atoms with Crippen molar-refractivity contribution < 1.29 is 19.4 Å². The van der Waals surface area contributed by atoms with Crippen LogP contribution in [0.2, 0.25) is 0 Å². The Morgan fingerprint density at radius 1 is 0.794 bits per heavy atom. The summed E-state index contributed by atoms with van der Waals surface area (Å²) >= 11 is 0. The maximum Gasteiger partial charge on any atom is 0.255 e. The van der Waals surface area contributed by atoms with Crippen LogP contribution in [0.25, 0.3) is 11.1 Å². The van der Waals surface area contributed by atoms with Gasteiger partial charge in [0.05, 0.1) is 19.2 Å². The van der Waals surface area contributed by atoms with Gasteiger partial charge < -0.3 is 20.5 Å². The predicted molar refractivity (Wildman–Crippen MR) is 133 cm³/mol. The van der Waals surface area contributed by atoms with Crippen molar-refractivity contribution in [2.24, 2.45) is 0 Å². The van der Waals surface area contributed by atoms with E-state index in [4.69, 9.17) is 4.74 Å². The molecule has 0 heterocycles. The molecule has 0 saturated carbocycles. The number of hydrogen-bond donors (Lipinski definition) is 3. The van der Waals surface area contributed by atoms with Gasteiger partial charge in [0.1, 0.15) is 11.5 Å². The molecule has 0 spiro atoms. The van der Waals surface area contributed by atoms with Crippen molar-refractivity contribution in [2.75, 3.05) is 17.7 Å². The number of aromatic hydroxyl groups is 1. The molecule has 34 heavy (non-hydrogen) atoms. The summed E-state index contributed by atoms with van der Waals surface area (Å²) in [6, 6.07) is 28.9. The zero-order chi connectivity index (χ0) is 23.9. The first-order valence-corrected chi connectivity index (χ1v) is 10.7. The Morgan fingerprint density at radius 2 is 1.53 bits per heavy atom. The summed E-state index contributed by atoms with van der Waals surface area (Å²) in [7, 11) is 1.56. The molecule has 0 bridgehead atoms. The van der Waals surface area contributed by atoms with Gasteiger partial charge >= 0.3 is 0 Å². The summed E-state index contributed by atoms with van der Waals surface area (Å²) in [4.78, 5) is 25.2. The lowest BCUT2D eigenvalue weighted by atomic mass is 10.0. The Morgan fingerprint density at radius 3 is 2.26 bits per heavy atom. The van der Waals surface area contributed by atoms with Crippen molar-refractivity contribution in [3.8, 4) is 22.6 Å². The summed E-state index contributed by atoms with van der Waals surface area (Å²) in [6.07, 6.45) is 0.112. The third-order valence-electron chi connectivity index (χ3n) is 5.28. The second kappa shape index (κ2) is 10.4. The minimum absolute atomic E-state index is 0.0933. The number of hydrogen-bond acceptors (Lipinski definition) is 4. The van der Waals surface area contributed by atoms with E-state index in [2.05, 4.69) is 10.6 Å². The molecular formula is C28H24N2O4. The predicted octanol–water partition coefficient (Wildman–Crippen LogP) is 5.50. The van der Waals surface area contributed by atoms with Crippen LogP contribution >= 0.6 is 0 Å². The van der Waals surface area contributed by atoms with Gasteiger partial charge in [-0.2, -0.15) is 0 Å². The van der Waals surface area contributed by atoms with Gasteiger partial charge in [0, 0.05) is 11.3 Å². The Labute approximate surface area is 197 Å². The molecule has 4 rings (SSSR count). The van der Waals surface area contributed by atoms with Crippen molar-refractivity contribution in [3.05, 3.63) is 108 Å². The topological polar surface area (TPSA) is 87.7 Å². The van der Waals surface area contributed by atoms with Gasteiger partial charge in [0.15, 0.2) is 0 Å². The van der Waals surface area contributed by atoms with Crippen molar-refractivity contribution in [1.82, 2.24) is 0 Å². The Bertz CT molecular complexity index is 1300. The van der Waals surface area contributed by atoms with E-state index in [0.717, 1.165) is 16.7 Å². The van der Waals surface area contributed by atoms with E-state index in [1.54, 1.807) is 37.4 Å². The summed E-state index contributed by atoms with van der Waals surface area (Å²) < 4.78 is 5.18. The number of carbonyl (C=O) groups is 2. The van der Waals surface area contributed by atoms with E-state index >= 15 is 0 Å². The molecule has 4 aromatic carbocycles. The molecule has 6 nitrogen and oxygen atoms in total. The number of anilines is 2. The van der Waals surface area contributed by atoms with Crippen LogP contribution in [0.1, 0.15) is 15.9 Å². The van der Waals surface area contributed by atoms with Gasteiger partial charge in [0.25, 0.3) is 5.91 Å². The molecule has 0 aromatic heterocycles. The van der Waals surface area contributed by atoms with Crippen LogP contribution in [0, 0.1) is 0 Å². The zero-order valence-electron chi connectivity index (χ0n) is 18.6. The minimum atomic E-state index is -0.302. The third-order valence-corrected chi connectivity index (χ3v) is 5.28. The number of ether oxygens (including phenoxy) is 1. The number of amides is 2. The minimum Gasteiger partial charge on any atom is -0.506 e. The van der Waals surface area contributed by atoms with E-state index in [1.807, 2.05) is 54.6 Å². The van der Waals surface area contributed by atoms with Crippen molar-refractivity contribution >= 4 is 23.2 Å². The van der Waals surface area contributed by atoms with E-state index in [-0.39, 0.29) is 29.7 Å². The second-order valence-corrected chi connectivity index (χ2v) is 7.71. The fourth-order valence-electron chi connectivity index (χ4n) is 3.52. The van der Waals surface area contributed by atoms with Gasteiger partial charge in [-0.1, -0.05) is 54.6 Å². The molecule has 0 atom stereocenters. The number of rotatable bonds is 7. The lowest BCUT2D eigenvalue weighted by Gasteiger charge is -2.11. The summed E-state index contributed by atoms with van der Waals surface area (Å²) in [5.74, 6) is -0.0265. The number of nitrogens with one attached hydrogen (secondary N) is 2.